The van der Waals surface area contributed by atoms with Gasteiger partial charge in [0.2, 0.25) is 0 Å². The van der Waals surface area contributed by atoms with Crippen LogP contribution in [0.3, 0.4) is 0 Å². The average Bonchev–Trinajstić information content (AvgIpc) is 2.43. The van der Waals surface area contributed by atoms with Gasteiger partial charge in [0.05, 0.1) is 10.6 Å². The molecule has 0 bridgehead atoms. The Hall–Kier alpha value is -1.37. The van der Waals surface area contributed by atoms with E-state index in [1.807, 2.05) is 25.1 Å². The number of aryl methyl sites for hydroxylation is 1. The second-order valence-corrected chi connectivity index (χ2v) is 7.27. The maximum Gasteiger partial charge on any atom is 0.262 e. The SMILES string of the molecule is CNCc1ccccc1S(=O)(=O)Nc1cc(Br)ccc1C. The smallest absolute Gasteiger partial charge is 0.262 e. The Balaban J connectivity index is 2.41. The third-order valence-corrected chi connectivity index (χ3v) is 5.03. The van der Waals surface area contributed by atoms with E-state index in [1.165, 1.54) is 0 Å². The van der Waals surface area contributed by atoms with E-state index in [-0.39, 0.29) is 0 Å². The molecule has 4 nitrogen and oxygen atoms in total. The number of benzene rings is 2. The molecular weight excluding hydrogens is 352 g/mol. The topological polar surface area (TPSA) is 58.2 Å². The first-order valence-electron chi connectivity index (χ1n) is 6.45. The molecule has 0 saturated heterocycles. The lowest BCUT2D eigenvalue weighted by molar-refractivity contribution is 0.599. The van der Waals surface area contributed by atoms with Crippen LogP contribution in [0, 0.1) is 6.92 Å². The maximum absolute atomic E-state index is 12.6. The van der Waals surface area contributed by atoms with Gasteiger partial charge in [-0.3, -0.25) is 4.72 Å². The van der Waals surface area contributed by atoms with Crippen molar-refractivity contribution in [1.29, 1.82) is 0 Å². The van der Waals surface area contributed by atoms with Crippen molar-refractivity contribution < 1.29 is 8.42 Å². The van der Waals surface area contributed by atoms with Gasteiger partial charge in [-0.2, -0.15) is 0 Å². The molecule has 0 aromatic heterocycles. The van der Waals surface area contributed by atoms with E-state index < -0.39 is 10.0 Å². The summed E-state index contributed by atoms with van der Waals surface area (Å²) in [4.78, 5) is 0.290. The normalized spacial score (nSPS) is 11.4. The zero-order valence-electron chi connectivity index (χ0n) is 11.9. The van der Waals surface area contributed by atoms with Crippen molar-refractivity contribution in [3.05, 3.63) is 58.1 Å². The van der Waals surface area contributed by atoms with Gasteiger partial charge >= 0.3 is 0 Å². The zero-order valence-corrected chi connectivity index (χ0v) is 14.3. The number of nitrogens with one attached hydrogen (secondary N) is 2. The van der Waals surface area contributed by atoms with E-state index in [4.69, 9.17) is 0 Å². The van der Waals surface area contributed by atoms with Gasteiger partial charge < -0.3 is 5.32 Å². The Bertz CT molecular complexity index is 745. The molecule has 2 aromatic rings. The molecule has 0 unspecified atom stereocenters. The highest BCUT2D eigenvalue weighted by Gasteiger charge is 2.18. The minimum atomic E-state index is -3.62. The van der Waals surface area contributed by atoms with Crippen LogP contribution in [0.25, 0.3) is 0 Å². The highest BCUT2D eigenvalue weighted by Crippen LogP contribution is 2.25. The summed E-state index contributed by atoms with van der Waals surface area (Å²) in [6.45, 7) is 2.36. The van der Waals surface area contributed by atoms with Gasteiger partial charge in [0.15, 0.2) is 0 Å². The number of rotatable bonds is 5. The Labute approximate surface area is 133 Å². The van der Waals surface area contributed by atoms with Gasteiger partial charge in [0, 0.05) is 11.0 Å². The molecule has 6 heteroatoms. The molecule has 2 N–H and O–H groups in total. The largest absolute Gasteiger partial charge is 0.316 e. The van der Waals surface area contributed by atoms with Crippen molar-refractivity contribution in [2.24, 2.45) is 0 Å². The van der Waals surface area contributed by atoms with Crippen LogP contribution in [0.4, 0.5) is 5.69 Å². The zero-order chi connectivity index (χ0) is 15.5. The first kappa shape index (κ1) is 16.0. The average molecular weight is 369 g/mol. The molecule has 0 aliphatic carbocycles. The van der Waals surface area contributed by atoms with E-state index >= 15 is 0 Å². The van der Waals surface area contributed by atoms with E-state index in [9.17, 15) is 8.42 Å². The maximum atomic E-state index is 12.6. The molecule has 0 saturated carbocycles. The standard InChI is InChI=1S/C15H17BrN2O2S/c1-11-7-8-13(16)9-14(11)18-21(19,20)15-6-4-3-5-12(15)10-17-2/h3-9,17-18H,10H2,1-2H3. The van der Waals surface area contributed by atoms with Crippen LogP contribution >= 0.6 is 15.9 Å². The Morgan fingerprint density at radius 3 is 2.57 bits per heavy atom. The van der Waals surface area contributed by atoms with Crippen molar-refractivity contribution in [3.8, 4) is 0 Å². The van der Waals surface area contributed by atoms with E-state index in [0.29, 0.717) is 17.1 Å². The van der Waals surface area contributed by atoms with Gasteiger partial charge in [0.1, 0.15) is 0 Å². The number of anilines is 1. The molecule has 2 rings (SSSR count). The van der Waals surface area contributed by atoms with Crippen molar-refractivity contribution >= 4 is 31.6 Å². The first-order valence-corrected chi connectivity index (χ1v) is 8.73. The van der Waals surface area contributed by atoms with Crippen LogP contribution < -0.4 is 10.0 Å². The summed E-state index contributed by atoms with van der Waals surface area (Å²) in [6, 6.07) is 12.5. The van der Waals surface area contributed by atoms with Gasteiger partial charge in [-0.15, -0.1) is 0 Å². The molecule has 0 aliphatic rings. The van der Waals surface area contributed by atoms with Gasteiger partial charge in [-0.1, -0.05) is 40.2 Å². The number of sulfonamides is 1. The predicted octanol–water partition coefficient (Wildman–Crippen LogP) is 3.28. The van der Waals surface area contributed by atoms with Crippen LogP contribution in [0.15, 0.2) is 51.8 Å². The molecule has 21 heavy (non-hydrogen) atoms. The van der Waals surface area contributed by atoms with Crippen molar-refractivity contribution in [1.82, 2.24) is 5.32 Å². The van der Waals surface area contributed by atoms with Crippen molar-refractivity contribution in [2.75, 3.05) is 11.8 Å². The summed E-state index contributed by atoms with van der Waals surface area (Å²) >= 11 is 3.35. The summed E-state index contributed by atoms with van der Waals surface area (Å²) < 4.78 is 28.7. The quantitative estimate of drug-likeness (QED) is 0.851. The van der Waals surface area contributed by atoms with E-state index in [2.05, 4.69) is 26.0 Å². The molecule has 0 heterocycles. The summed E-state index contributed by atoms with van der Waals surface area (Å²) in [7, 11) is -1.83. The molecule has 0 spiro atoms. The highest BCUT2D eigenvalue weighted by molar-refractivity contribution is 9.10. The van der Waals surface area contributed by atoms with Crippen LogP contribution in [0.1, 0.15) is 11.1 Å². The summed E-state index contributed by atoms with van der Waals surface area (Å²) in [6.07, 6.45) is 0. The molecule has 0 radical (unpaired) electrons. The fraction of sp³-hybridized carbons (Fsp3) is 0.200. The second kappa shape index (κ2) is 6.60. The molecule has 0 fully saturated rings. The summed E-state index contributed by atoms with van der Waals surface area (Å²) in [5.41, 5.74) is 2.18. The van der Waals surface area contributed by atoms with Crippen LogP contribution in [0.5, 0.6) is 0 Å². The van der Waals surface area contributed by atoms with Crippen LogP contribution in [-0.4, -0.2) is 15.5 Å². The highest BCUT2D eigenvalue weighted by atomic mass is 79.9. The minimum Gasteiger partial charge on any atom is -0.316 e. The molecule has 2 aromatic carbocycles. The Kier molecular flexibility index (Phi) is 5.03. The van der Waals surface area contributed by atoms with Gasteiger partial charge in [-0.05, 0) is 43.3 Å². The van der Waals surface area contributed by atoms with E-state index in [1.54, 1.807) is 31.3 Å². The summed E-state index contributed by atoms with van der Waals surface area (Å²) in [5.74, 6) is 0. The summed E-state index contributed by atoms with van der Waals surface area (Å²) in [5, 5.41) is 2.98. The first-order chi connectivity index (χ1) is 9.94. The second-order valence-electron chi connectivity index (χ2n) is 4.70. The molecule has 112 valence electrons. The lowest BCUT2D eigenvalue weighted by atomic mass is 10.2. The fourth-order valence-corrected chi connectivity index (χ4v) is 3.73. The monoisotopic (exact) mass is 368 g/mol. The molecule has 0 atom stereocenters. The lowest BCUT2D eigenvalue weighted by Gasteiger charge is -2.14. The molecule has 0 aliphatic heterocycles. The van der Waals surface area contributed by atoms with Crippen molar-refractivity contribution in [2.45, 2.75) is 18.4 Å². The van der Waals surface area contributed by atoms with Gasteiger partial charge in [0.25, 0.3) is 10.0 Å². The molecule has 0 amide bonds. The Morgan fingerprint density at radius 1 is 1.14 bits per heavy atom. The number of hydrogen-bond donors (Lipinski definition) is 2. The molecular formula is C15H17BrN2O2S. The van der Waals surface area contributed by atoms with Crippen LogP contribution in [-0.2, 0) is 16.6 Å². The number of halogens is 1. The van der Waals surface area contributed by atoms with Crippen LogP contribution in [0.2, 0.25) is 0 Å². The number of hydrogen-bond acceptors (Lipinski definition) is 3. The predicted molar refractivity (Wildman–Crippen MR) is 88.9 cm³/mol. The Morgan fingerprint density at radius 2 is 1.86 bits per heavy atom. The third kappa shape index (κ3) is 3.84. The van der Waals surface area contributed by atoms with E-state index in [0.717, 1.165) is 15.6 Å². The lowest BCUT2D eigenvalue weighted by Crippen LogP contribution is -2.17. The fourth-order valence-electron chi connectivity index (χ4n) is 2.01. The van der Waals surface area contributed by atoms with Gasteiger partial charge in [-0.25, -0.2) is 8.42 Å². The third-order valence-electron chi connectivity index (χ3n) is 3.07. The minimum absolute atomic E-state index is 0.290. The van der Waals surface area contributed by atoms with Crippen molar-refractivity contribution in [3.63, 3.8) is 0 Å².